The second kappa shape index (κ2) is 6.01. The molecule has 20 heavy (non-hydrogen) atoms. The van der Waals surface area contributed by atoms with E-state index in [2.05, 4.69) is 9.98 Å². The average molecular weight is 322 g/mol. The normalized spacial score (nSPS) is 15.4. The van der Waals surface area contributed by atoms with Crippen molar-refractivity contribution >= 4 is 34.8 Å². The van der Waals surface area contributed by atoms with Gasteiger partial charge in [0, 0.05) is 19.3 Å². The standard InChI is InChI=1S/C12H11Cl2F2N3O/c13-10-2-1-8(6-18-10)7-19-4-3-17-11(19)5-9(20)12(14,15)16/h1-2,6H,3-5,7H2. The summed E-state index contributed by atoms with van der Waals surface area (Å²) in [5.74, 6) is -1.02. The monoisotopic (exact) mass is 321 g/mol. The number of Topliss-reactive ketones (excluding diaryl/α,β-unsaturated/α-hetero) is 1. The van der Waals surface area contributed by atoms with E-state index in [4.69, 9.17) is 23.2 Å². The van der Waals surface area contributed by atoms with Crippen molar-refractivity contribution in [2.75, 3.05) is 13.1 Å². The molecular weight excluding hydrogens is 311 g/mol. The van der Waals surface area contributed by atoms with Crippen LogP contribution in [-0.4, -0.2) is 40.0 Å². The quantitative estimate of drug-likeness (QED) is 0.618. The molecule has 2 heterocycles. The minimum absolute atomic E-state index is 0.324. The van der Waals surface area contributed by atoms with Crippen LogP contribution in [0.15, 0.2) is 23.3 Å². The SMILES string of the molecule is O=C(CC1=NCCN1Cc1ccc(Cl)nc1)C(F)(F)Cl. The highest BCUT2D eigenvalue weighted by molar-refractivity contribution is 6.34. The number of amidine groups is 1. The van der Waals surface area contributed by atoms with Gasteiger partial charge in [-0.3, -0.25) is 9.79 Å². The van der Waals surface area contributed by atoms with Crippen LogP contribution in [0.1, 0.15) is 12.0 Å². The van der Waals surface area contributed by atoms with Gasteiger partial charge in [-0.2, -0.15) is 8.78 Å². The van der Waals surface area contributed by atoms with Crippen molar-refractivity contribution in [1.82, 2.24) is 9.88 Å². The second-order valence-electron chi connectivity index (χ2n) is 4.31. The molecule has 0 saturated heterocycles. The summed E-state index contributed by atoms with van der Waals surface area (Å²) in [6.07, 6.45) is 1.12. The zero-order valence-corrected chi connectivity index (χ0v) is 11.8. The zero-order chi connectivity index (χ0) is 14.8. The Hall–Kier alpha value is -1.27. The van der Waals surface area contributed by atoms with E-state index in [1.54, 1.807) is 23.2 Å². The highest BCUT2D eigenvalue weighted by Gasteiger charge is 2.37. The Labute approximate surface area is 124 Å². The minimum Gasteiger partial charge on any atom is -0.354 e. The summed E-state index contributed by atoms with van der Waals surface area (Å²) < 4.78 is 25.4. The third-order valence-electron chi connectivity index (χ3n) is 2.83. The molecule has 0 unspecified atom stereocenters. The highest BCUT2D eigenvalue weighted by atomic mass is 35.5. The predicted molar refractivity (Wildman–Crippen MR) is 72.4 cm³/mol. The van der Waals surface area contributed by atoms with Crippen molar-refractivity contribution < 1.29 is 13.6 Å². The Morgan fingerprint density at radius 3 is 2.80 bits per heavy atom. The molecule has 2 rings (SSSR count). The summed E-state index contributed by atoms with van der Waals surface area (Å²) >= 11 is 10.4. The van der Waals surface area contributed by atoms with Crippen LogP contribution in [0.4, 0.5) is 8.78 Å². The van der Waals surface area contributed by atoms with Crippen LogP contribution in [0.25, 0.3) is 0 Å². The van der Waals surface area contributed by atoms with Crippen molar-refractivity contribution in [3.8, 4) is 0 Å². The summed E-state index contributed by atoms with van der Waals surface area (Å²) in [6.45, 7) is 1.47. The number of alkyl halides is 3. The lowest BCUT2D eigenvalue weighted by Gasteiger charge is -2.20. The first-order valence-corrected chi connectivity index (χ1v) is 6.60. The molecule has 0 spiro atoms. The van der Waals surface area contributed by atoms with Crippen LogP contribution in [-0.2, 0) is 11.3 Å². The van der Waals surface area contributed by atoms with Gasteiger partial charge in [-0.15, -0.1) is 0 Å². The molecule has 4 nitrogen and oxygen atoms in total. The third kappa shape index (κ3) is 3.86. The fraction of sp³-hybridized carbons (Fsp3) is 0.417. The Morgan fingerprint density at radius 2 is 2.20 bits per heavy atom. The van der Waals surface area contributed by atoms with Gasteiger partial charge in [0.05, 0.1) is 13.0 Å². The molecule has 108 valence electrons. The summed E-state index contributed by atoms with van der Waals surface area (Å²) in [4.78, 5) is 21.0. The number of ketones is 1. The molecule has 1 aromatic rings. The zero-order valence-electron chi connectivity index (χ0n) is 10.3. The van der Waals surface area contributed by atoms with Crippen LogP contribution in [0.5, 0.6) is 0 Å². The molecular formula is C12H11Cl2F2N3O. The van der Waals surface area contributed by atoms with Crippen molar-refractivity contribution in [2.24, 2.45) is 4.99 Å². The largest absolute Gasteiger partial charge is 0.380 e. The molecule has 0 aliphatic carbocycles. The summed E-state index contributed by atoms with van der Waals surface area (Å²) in [5, 5.41) is -3.47. The van der Waals surface area contributed by atoms with Gasteiger partial charge in [-0.1, -0.05) is 17.7 Å². The number of rotatable bonds is 5. The van der Waals surface area contributed by atoms with Crippen molar-refractivity contribution in [1.29, 1.82) is 0 Å². The molecule has 0 amide bonds. The molecule has 0 N–H and O–H groups in total. The van der Waals surface area contributed by atoms with Gasteiger partial charge in [0.1, 0.15) is 11.0 Å². The summed E-state index contributed by atoms with van der Waals surface area (Å²) in [5.41, 5.74) is 0.856. The number of carbonyl (C=O) groups excluding carboxylic acids is 1. The third-order valence-corrected chi connectivity index (χ3v) is 3.26. The van der Waals surface area contributed by atoms with E-state index in [0.717, 1.165) is 5.56 Å². The molecule has 0 saturated carbocycles. The first-order valence-electron chi connectivity index (χ1n) is 5.85. The number of aliphatic imine (C=N–C) groups is 1. The fourth-order valence-corrected chi connectivity index (χ4v) is 2.01. The molecule has 1 aromatic heterocycles. The van der Waals surface area contributed by atoms with Gasteiger partial charge in [-0.25, -0.2) is 4.98 Å². The van der Waals surface area contributed by atoms with E-state index < -0.39 is 17.6 Å². The lowest BCUT2D eigenvalue weighted by molar-refractivity contribution is -0.132. The van der Waals surface area contributed by atoms with Gasteiger partial charge >= 0.3 is 5.38 Å². The average Bonchev–Trinajstić information content (AvgIpc) is 2.78. The van der Waals surface area contributed by atoms with Crippen molar-refractivity contribution in [2.45, 2.75) is 18.3 Å². The summed E-state index contributed by atoms with van der Waals surface area (Å²) in [7, 11) is 0. The van der Waals surface area contributed by atoms with Crippen molar-refractivity contribution in [3.05, 3.63) is 29.0 Å². The maximum Gasteiger partial charge on any atom is 0.380 e. The van der Waals surface area contributed by atoms with E-state index in [9.17, 15) is 13.6 Å². The van der Waals surface area contributed by atoms with Gasteiger partial charge in [-0.05, 0) is 23.2 Å². The number of hydrogen-bond donors (Lipinski definition) is 0. The Morgan fingerprint density at radius 1 is 1.45 bits per heavy atom. The number of nitrogens with zero attached hydrogens (tertiary/aromatic N) is 3. The Kier molecular flexibility index (Phi) is 4.55. The predicted octanol–water partition coefficient (Wildman–Crippen LogP) is 2.74. The van der Waals surface area contributed by atoms with E-state index in [0.29, 0.717) is 30.6 Å². The van der Waals surface area contributed by atoms with Gasteiger partial charge in [0.25, 0.3) is 0 Å². The van der Waals surface area contributed by atoms with E-state index in [1.807, 2.05) is 0 Å². The van der Waals surface area contributed by atoms with Crippen LogP contribution in [0.3, 0.4) is 0 Å². The van der Waals surface area contributed by atoms with E-state index in [1.165, 1.54) is 0 Å². The first kappa shape index (κ1) is 15.1. The minimum atomic E-state index is -3.85. The molecule has 1 aliphatic rings. The molecule has 0 fully saturated rings. The van der Waals surface area contributed by atoms with Crippen LogP contribution < -0.4 is 0 Å². The highest BCUT2D eigenvalue weighted by Crippen LogP contribution is 2.23. The molecule has 0 radical (unpaired) electrons. The molecule has 0 aromatic carbocycles. The molecule has 0 bridgehead atoms. The molecule has 8 heteroatoms. The Bertz CT molecular complexity index is 528. The van der Waals surface area contributed by atoms with E-state index >= 15 is 0 Å². The van der Waals surface area contributed by atoms with Gasteiger partial charge in [0.15, 0.2) is 0 Å². The van der Waals surface area contributed by atoms with Gasteiger partial charge in [0.2, 0.25) is 5.78 Å². The fourth-order valence-electron chi connectivity index (χ4n) is 1.83. The number of hydrogen-bond acceptors (Lipinski definition) is 4. The second-order valence-corrected chi connectivity index (χ2v) is 5.17. The van der Waals surface area contributed by atoms with E-state index in [-0.39, 0.29) is 0 Å². The maximum absolute atomic E-state index is 12.7. The molecule has 1 aliphatic heterocycles. The van der Waals surface area contributed by atoms with Crippen molar-refractivity contribution in [3.63, 3.8) is 0 Å². The smallest absolute Gasteiger partial charge is 0.354 e. The number of pyridine rings is 1. The first-order chi connectivity index (χ1) is 9.36. The lowest BCUT2D eigenvalue weighted by atomic mass is 10.2. The van der Waals surface area contributed by atoms with Crippen LogP contribution >= 0.6 is 23.2 Å². The number of carbonyl (C=O) groups is 1. The lowest BCUT2D eigenvalue weighted by Crippen LogP contribution is -2.32. The maximum atomic E-state index is 12.7. The van der Waals surface area contributed by atoms with Crippen LogP contribution in [0, 0.1) is 0 Å². The molecule has 0 atom stereocenters. The Balaban J connectivity index is 2.00. The number of halogens is 4. The summed E-state index contributed by atoms with van der Waals surface area (Å²) in [6, 6.07) is 3.42. The van der Waals surface area contributed by atoms with Gasteiger partial charge < -0.3 is 4.90 Å². The van der Waals surface area contributed by atoms with Crippen LogP contribution in [0.2, 0.25) is 5.15 Å². The topological polar surface area (TPSA) is 45.6 Å². The number of aromatic nitrogens is 1.